The molecule has 2 aliphatic heterocycles. The zero-order chi connectivity index (χ0) is 11.5. The second kappa shape index (κ2) is 4.82. The third-order valence-corrected chi connectivity index (χ3v) is 3.48. The average Bonchev–Trinajstić information content (AvgIpc) is 2.75. The molecule has 0 saturated carbocycles. The van der Waals surface area contributed by atoms with Crippen LogP contribution in [0.25, 0.3) is 0 Å². The normalized spacial score (nSPS) is 26.9. The number of nitrogens with zero attached hydrogens (tertiary/aromatic N) is 1. The van der Waals surface area contributed by atoms with Gasteiger partial charge in [-0.15, -0.1) is 0 Å². The number of carbonyl (C=O) groups excluding carboxylic acids is 2. The Hall–Kier alpha value is -1.10. The minimum atomic E-state index is -0.307. The molecular weight excluding hydrogens is 208 g/mol. The highest BCUT2D eigenvalue weighted by molar-refractivity contribution is 5.90. The number of amides is 2. The summed E-state index contributed by atoms with van der Waals surface area (Å²) in [6, 6.07) is -0.307. The first kappa shape index (κ1) is 11.4. The van der Waals surface area contributed by atoms with Crippen molar-refractivity contribution in [3.8, 4) is 0 Å². The minimum Gasteiger partial charge on any atom is -0.396 e. The van der Waals surface area contributed by atoms with Crippen LogP contribution >= 0.6 is 0 Å². The van der Waals surface area contributed by atoms with Crippen LogP contribution in [0.4, 0.5) is 0 Å². The third kappa shape index (κ3) is 2.35. The lowest BCUT2D eigenvalue weighted by Crippen LogP contribution is -2.47. The third-order valence-electron chi connectivity index (χ3n) is 3.48. The number of aliphatic hydroxyl groups is 1. The Morgan fingerprint density at radius 3 is 2.56 bits per heavy atom. The number of hydrogen-bond acceptors (Lipinski definition) is 3. The standard InChI is InChI=1S/C11H18N2O3/c14-7-8-3-5-13(6-4-8)11(16)9-1-2-10(15)12-9/h8-9,14H,1-7H2,(H,12,15). The first-order valence-corrected chi connectivity index (χ1v) is 5.89. The Balaban J connectivity index is 1.84. The molecule has 5 nitrogen and oxygen atoms in total. The van der Waals surface area contributed by atoms with Crippen molar-refractivity contribution < 1.29 is 14.7 Å². The molecule has 90 valence electrons. The molecule has 2 heterocycles. The second-order valence-corrected chi connectivity index (χ2v) is 4.61. The zero-order valence-electron chi connectivity index (χ0n) is 9.32. The van der Waals surface area contributed by atoms with Crippen molar-refractivity contribution in [2.45, 2.75) is 31.7 Å². The van der Waals surface area contributed by atoms with Crippen LogP contribution in [0.2, 0.25) is 0 Å². The van der Waals surface area contributed by atoms with Crippen LogP contribution in [-0.4, -0.2) is 47.6 Å². The van der Waals surface area contributed by atoms with E-state index in [9.17, 15) is 9.59 Å². The smallest absolute Gasteiger partial charge is 0.245 e. The Bertz CT molecular complexity index is 285. The lowest BCUT2D eigenvalue weighted by molar-refractivity contribution is -0.135. The SMILES string of the molecule is O=C1CCC(C(=O)N2CCC(CO)CC2)N1. The summed E-state index contributed by atoms with van der Waals surface area (Å²) < 4.78 is 0. The number of hydrogen-bond donors (Lipinski definition) is 2. The number of carbonyl (C=O) groups is 2. The fraction of sp³-hybridized carbons (Fsp3) is 0.818. The molecule has 0 aromatic heterocycles. The van der Waals surface area contributed by atoms with E-state index in [1.807, 2.05) is 4.90 Å². The molecule has 2 aliphatic rings. The van der Waals surface area contributed by atoms with Gasteiger partial charge in [0.25, 0.3) is 0 Å². The maximum absolute atomic E-state index is 12.0. The van der Waals surface area contributed by atoms with Crippen LogP contribution in [-0.2, 0) is 9.59 Å². The van der Waals surface area contributed by atoms with Crippen molar-refractivity contribution in [2.75, 3.05) is 19.7 Å². The largest absolute Gasteiger partial charge is 0.396 e. The second-order valence-electron chi connectivity index (χ2n) is 4.61. The fourth-order valence-electron chi connectivity index (χ4n) is 2.36. The molecule has 2 fully saturated rings. The molecule has 0 aromatic rings. The number of rotatable bonds is 2. The van der Waals surface area contributed by atoms with E-state index in [1.165, 1.54) is 0 Å². The molecule has 2 amide bonds. The van der Waals surface area contributed by atoms with Gasteiger partial charge in [0.1, 0.15) is 6.04 Å². The van der Waals surface area contributed by atoms with Gasteiger partial charge in [0.2, 0.25) is 11.8 Å². The molecular formula is C11H18N2O3. The molecule has 0 spiro atoms. The van der Waals surface area contributed by atoms with Gasteiger partial charge in [0.05, 0.1) is 0 Å². The van der Waals surface area contributed by atoms with Crippen molar-refractivity contribution >= 4 is 11.8 Å². The summed E-state index contributed by atoms with van der Waals surface area (Å²) in [5, 5.41) is 11.7. The van der Waals surface area contributed by atoms with Gasteiger partial charge in [-0.3, -0.25) is 9.59 Å². The Labute approximate surface area is 94.8 Å². The van der Waals surface area contributed by atoms with Gasteiger partial charge in [-0.25, -0.2) is 0 Å². The van der Waals surface area contributed by atoms with E-state index in [-0.39, 0.29) is 24.5 Å². The molecule has 0 aromatic carbocycles. The van der Waals surface area contributed by atoms with Gasteiger partial charge in [-0.05, 0) is 25.2 Å². The average molecular weight is 226 g/mol. The summed E-state index contributed by atoms with van der Waals surface area (Å²) in [5.41, 5.74) is 0. The predicted molar refractivity (Wildman–Crippen MR) is 57.6 cm³/mol. The lowest BCUT2D eigenvalue weighted by atomic mass is 9.97. The van der Waals surface area contributed by atoms with Crippen molar-refractivity contribution in [1.82, 2.24) is 10.2 Å². The maximum atomic E-state index is 12.0. The van der Waals surface area contributed by atoms with Crippen molar-refractivity contribution in [2.24, 2.45) is 5.92 Å². The van der Waals surface area contributed by atoms with Gasteiger partial charge >= 0.3 is 0 Å². The number of likely N-dealkylation sites (tertiary alicyclic amines) is 1. The van der Waals surface area contributed by atoms with Gasteiger partial charge in [-0.2, -0.15) is 0 Å². The van der Waals surface area contributed by atoms with Gasteiger partial charge in [0.15, 0.2) is 0 Å². The molecule has 0 aliphatic carbocycles. The molecule has 2 rings (SSSR count). The van der Waals surface area contributed by atoms with Crippen LogP contribution in [0.1, 0.15) is 25.7 Å². The topological polar surface area (TPSA) is 69.6 Å². The van der Waals surface area contributed by atoms with E-state index >= 15 is 0 Å². The fourth-order valence-corrected chi connectivity index (χ4v) is 2.36. The minimum absolute atomic E-state index is 0.0244. The van der Waals surface area contributed by atoms with E-state index in [1.54, 1.807) is 0 Å². The van der Waals surface area contributed by atoms with Crippen molar-refractivity contribution in [1.29, 1.82) is 0 Å². The lowest BCUT2D eigenvalue weighted by Gasteiger charge is -2.32. The van der Waals surface area contributed by atoms with Crippen LogP contribution in [0.5, 0.6) is 0 Å². The van der Waals surface area contributed by atoms with Crippen LogP contribution in [0.15, 0.2) is 0 Å². The molecule has 16 heavy (non-hydrogen) atoms. The van der Waals surface area contributed by atoms with E-state index < -0.39 is 0 Å². The number of piperidine rings is 1. The van der Waals surface area contributed by atoms with E-state index in [2.05, 4.69) is 5.32 Å². The first-order chi connectivity index (χ1) is 7.70. The molecule has 0 bridgehead atoms. The van der Waals surface area contributed by atoms with E-state index in [0.717, 1.165) is 12.8 Å². The summed E-state index contributed by atoms with van der Waals surface area (Å²) in [7, 11) is 0. The monoisotopic (exact) mass is 226 g/mol. The van der Waals surface area contributed by atoms with Gasteiger partial charge in [-0.1, -0.05) is 0 Å². The maximum Gasteiger partial charge on any atom is 0.245 e. The summed E-state index contributed by atoms with van der Waals surface area (Å²) >= 11 is 0. The quantitative estimate of drug-likeness (QED) is 0.666. The van der Waals surface area contributed by atoms with E-state index in [0.29, 0.717) is 31.8 Å². The highest BCUT2D eigenvalue weighted by Crippen LogP contribution is 2.18. The number of nitrogens with one attached hydrogen (secondary N) is 1. The molecule has 0 radical (unpaired) electrons. The van der Waals surface area contributed by atoms with Crippen molar-refractivity contribution in [3.05, 3.63) is 0 Å². The Morgan fingerprint density at radius 2 is 2.06 bits per heavy atom. The van der Waals surface area contributed by atoms with Gasteiger partial charge in [0, 0.05) is 26.1 Å². The van der Waals surface area contributed by atoms with Crippen LogP contribution in [0, 0.1) is 5.92 Å². The van der Waals surface area contributed by atoms with E-state index in [4.69, 9.17) is 5.11 Å². The highest BCUT2D eigenvalue weighted by Gasteiger charge is 2.32. The summed E-state index contributed by atoms with van der Waals surface area (Å²) in [6.45, 7) is 1.62. The molecule has 1 unspecified atom stereocenters. The predicted octanol–water partition coefficient (Wildman–Crippen LogP) is -0.504. The summed E-state index contributed by atoms with van der Waals surface area (Å²) in [6.07, 6.45) is 2.81. The molecule has 2 N–H and O–H groups in total. The highest BCUT2D eigenvalue weighted by atomic mass is 16.3. The molecule has 2 saturated heterocycles. The van der Waals surface area contributed by atoms with Gasteiger partial charge < -0.3 is 15.3 Å². The Kier molecular flexibility index (Phi) is 3.43. The molecule has 5 heteroatoms. The Morgan fingerprint density at radius 1 is 1.38 bits per heavy atom. The first-order valence-electron chi connectivity index (χ1n) is 5.89. The molecule has 1 atom stereocenters. The van der Waals surface area contributed by atoms with Crippen LogP contribution in [0.3, 0.4) is 0 Å². The summed E-state index contributed by atoms with van der Waals surface area (Å²) in [4.78, 5) is 24.8. The summed E-state index contributed by atoms with van der Waals surface area (Å²) in [5.74, 6) is 0.355. The van der Waals surface area contributed by atoms with Crippen LogP contribution < -0.4 is 5.32 Å². The number of aliphatic hydroxyl groups excluding tert-OH is 1. The van der Waals surface area contributed by atoms with Crippen molar-refractivity contribution in [3.63, 3.8) is 0 Å². The zero-order valence-corrected chi connectivity index (χ0v) is 9.32.